The Morgan fingerprint density at radius 1 is 0.922 bits per heavy atom. The zero-order chi connectivity index (χ0) is 36.6. The molecule has 1 spiro atoms. The van der Waals surface area contributed by atoms with Crippen LogP contribution in [0, 0.1) is 5.92 Å². The molecule has 3 fully saturated rings. The first-order chi connectivity index (χ1) is 24.0. The van der Waals surface area contributed by atoms with E-state index >= 15 is 0 Å². The Hall–Kier alpha value is -4.18. The van der Waals surface area contributed by atoms with Gasteiger partial charge in [-0.3, -0.25) is 18.9 Å². The van der Waals surface area contributed by atoms with Crippen LogP contribution < -0.4 is 9.62 Å². The number of aliphatic hydroxyl groups is 1. The van der Waals surface area contributed by atoms with Crippen molar-refractivity contribution in [1.29, 1.82) is 0 Å². The number of halogens is 6. The lowest BCUT2D eigenvalue weighted by Gasteiger charge is -2.47. The molecule has 2 saturated carbocycles. The number of anilines is 1. The molecule has 3 aromatic rings. The molecule has 272 valence electrons. The van der Waals surface area contributed by atoms with Gasteiger partial charge in [-0.2, -0.15) is 26.3 Å². The van der Waals surface area contributed by atoms with Gasteiger partial charge in [0.1, 0.15) is 0 Å². The maximum atomic E-state index is 14.7. The number of amides is 2. The number of aromatic nitrogens is 1. The van der Waals surface area contributed by atoms with Crippen LogP contribution in [0.3, 0.4) is 0 Å². The van der Waals surface area contributed by atoms with Gasteiger partial charge in [-0.05, 0) is 105 Å². The number of pyridine rings is 1. The molecule has 1 unspecified atom stereocenters. The van der Waals surface area contributed by atoms with Gasteiger partial charge in [-0.25, -0.2) is 8.42 Å². The maximum absolute atomic E-state index is 14.7. The Balaban J connectivity index is 1.28. The molecule has 16 heteroatoms. The molecule has 2 aliphatic heterocycles. The van der Waals surface area contributed by atoms with Crippen LogP contribution in [0.15, 0.2) is 65.7 Å². The number of rotatable bonds is 7. The predicted octanol–water partition coefficient (Wildman–Crippen LogP) is 5.97. The predicted molar refractivity (Wildman–Crippen MR) is 171 cm³/mol. The van der Waals surface area contributed by atoms with E-state index in [0.717, 1.165) is 24.8 Å². The number of nitrogens with zero attached hydrogens (tertiary/aromatic N) is 3. The van der Waals surface area contributed by atoms with E-state index in [1.165, 1.54) is 46.8 Å². The summed E-state index contributed by atoms with van der Waals surface area (Å²) in [5.74, 6) is -1.36. The summed E-state index contributed by atoms with van der Waals surface area (Å²) in [6, 6.07) is 10.8. The van der Waals surface area contributed by atoms with Crippen LogP contribution in [0.2, 0.25) is 0 Å². The van der Waals surface area contributed by atoms with E-state index < -0.39 is 76.0 Å². The number of likely N-dealkylation sites (tertiary alicyclic amines) is 1. The van der Waals surface area contributed by atoms with Gasteiger partial charge >= 0.3 is 12.4 Å². The van der Waals surface area contributed by atoms with Crippen LogP contribution in [0.5, 0.6) is 0 Å². The van der Waals surface area contributed by atoms with Gasteiger partial charge in [0.05, 0.1) is 34.4 Å². The van der Waals surface area contributed by atoms with E-state index in [0.29, 0.717) is 31.5 Å². The second kappa shape index (κ2) is 12.2. The van der Waals surface area contributed by atoms with Crippen molar-refractivity contribution in [3.63, 3.8) is 0 Å². The van der Waals surface area contributed by atoms with E-state index in [9.17, 15) is 49.5 Å². The molecule has 2 aromatic carbocycles. The fraction of sp³-hybridized carbons (Fsp3) is 0.457. The maximum Gasteiger partial charge on any atom is 0.418 e. The lowest BCUT2D eigenvalue weighted by atomic mass is 9.61. The minimum Gasteiger partial charge on any atom is -0.380 e. The smallest absolute Gasteiger partial charge is 0.380 e. The highest BCUT2D eigenvalue weighted by Crippen LogP contribution is 2.62. The first kappa shape index (κ1) is 35.2. The normalized spacial score (nSPS) is 25.0. The van der Waals surface area contributed by atoms with Crippen molar-refractivity contribution in [3.8, 4) is 0 Å². The summed E-state index contributed by atoms with van der Waals surface area (Å²) in [7, 11) is -4.44. The molecule has 4 aliphatic rings. The van der Waals surface area contributed by atoms with Crippen LogP contribution in [0.4, 0.5) is 32.0 Å². The van der Waals surface area contributed by atoms with E-state index in [1.54, 1.807) is 4.90 Å². The highest BCUT2D eigenvalue weighted by molar-refractivity contribution is 7.93. The van der Waals surface area contributed by atoms with Crippen molar-refractivity contribution in [2.45, 2.75) is 85.8 Å². The quantitative estimate of drug-likeness (QED) is 0.289. The van der Waals surface area contributed by atoms with Gasteiger partial charge < -0.3 is 15.3 Å². The van der Waals surface area contributed by atoms with E-state index in [1.807, 2.05) is 0 Å². The molecule has 1 saturated heterocycles. The minimum absolute atomic E-state index is 0.0368. The number of hydrogen-bond donors (Lipinski definition) is 2. The number of sulfonamides is 1. The SMILES string of the molecule is O=C(NCc1ncccc1C(F)(F)F)c1ccc2c(c1)C1(CCC(O)(C(F)(F)F)CC1)C(C1CC1)N2S(=O)(=O)c1cccc(C(=O)N2CCC2)c1. The lowest BCUT2D eigenvalue weighted by molar-refractivity contribution is -0.273. The van der Waals surface area contributed by atoms with Gasteiger partial charge in [0, 0.05) is 35.8 Å². The van der Waals surface area contributed by atoms with Crippen LogP contribution in [-0.4, -0.2) is 66.1 Å². The Morgan fingerprint density at radius 2 is 1.63 bits per heavy atom. The van der Waals surface area contributed by atoms with Gasteiger partial charge in [0.2, 0.25) is 0 Å². The van der Waals surface area contributed by atoms with Crippen LogP contribution in [0.25, 0.3) is 0 Å². The Morgan fingerprint density at radius 3 is 2.24 bits per heavy atom. The summed E-state index contributed by atoms with van der Waals surface area (Å²) < 4.78 is 113. The average molecular weight is 737 g/mol. The molecule has 1 aromatic heterocycles. The van der Waals surface area contributed by atoms with E-state index in [2.05, 4.69) is 10.3 Å². The molecule has 51 heavy (non-hydrogen) atoms. The monoisotopic (exact) mass is 736 g/mol. The second-order valence-corrected chi connectivity index (χ2v) is 15.7. The van der Waals surface area contributed by atoms with Crippen molar-refractivity contribution in [2.75, 3.05) is 17.4 Å². The summed E-state index contributed by atoms with van der Waals surface area (Å²) in [5, 5.41) is 13.1. The Kier molecular flexibility index (Phi) is 8.44. The first-order valence-electron chi connectivity index (χ1n) is 16.6. The third-order valence-corrected chi connectivity index (χ3v) is 12.6. The zero-order valence-corrected chi connectivity index (χ0v) is 27.9. The number of fused-ring (bicyclic) bond motifs is 2. The largest absolute Gasteiger partial charge is 0.418 e. The molecule has 7 rings (SSSR count). The molecule has 2 N–H and O–H groups in total. The molecule has 2 aliphatic carbocycles. The van der Waals surface area contributed by atoms with E-state index in [4.69, 9.17) is 0 Å². The van der Waals surface area contributed by atoms with Crippen molar-refractivity contribution in [3.05, 3.63) is 88.7 Å². The molecule has 1 atom stereocenters. The molecular weight excluding hydrogens is 702 g/mol. The van der Waals surface area contributed by atoms with Gasteiger partial charge in [-0.15, -0.1) is 0 Å². The minimum atomic E-state index is -4.93. The van der Waals surface area contributed by atoms with Crippen molar-refractivity contribution in [2.24, 2.45) is 5.92 Å². The van der Waals surface area contributed by atoms with Crippen molar-refractivity contribution >= 4 is 27.5 Å². The fourth-order valence-electron chi connectivity index (χ4n) is 7.80. The fourth-order valence-corrected chi connectivity index (χ4v) is 9.65. The van der Waals surface area contributed by atoms with Crippen LogP contribution >= 0.6 is 0 Å². The highest BCUT2D eigenvalue weighted by Gasteiger charge is 2.65. The van der Waals surface area contributed by atoms with Gasteiger partial charge in [-0.1, -0.05) is 6.07 Å². The number of hydrogen-bond acceptors (Lipinski definition) is 6. The van der Waals surface area contributed by atoms with Crippen LogP contribution in [0.1, 0.15) is 82.5 Å². The number of benzene rings is 2. The number of carbonyl (C=O) groups is 2. The van der Waals surface area contributed by atoms with Gasteiger partial charge in [0.15, 0.2) is 5.60 Å². The van der Waals surface area contributed by atoms with Crippen molar-refractivity contribution in [1.82, 2.24) is 15.2 Å². The summed E-state index contributed by atoms with van der Waals surface area (Å²) in [6.45, 7) is 0.521. The van der Waals surface area contributed by atoms with Gasteiger partial charge in [0.25, 0.3) is 21.8 Å². The number of carbonyl (C=O) groups excluding carboxylic acids is 2. The van der Waals surface area contributed by atoms with Crippen molar-refractivity contribution < 1.29 is 49.5 Å². The summed E-state index contributed by atoms with van der Waals surface area (Å²) in [5.41, 5.74) is -5.06. The summed E-state index contributed by atoms with van der Waals surface area (Å²) in [4.78, 5) is 31.6. The molecule has 0 radical (unpaired) electrons. The highest BCUT2D eigenvalue weighted by atomic mass is 32.2. The molecule has 0 bridgehead atoms. The van der Waals surface area contributed by atoms with Crippen LogP contribution in [-0.2, 0) is 28.2 Å². The molecule has 3 heterocycles. The Bertz CT molecular complexity index is 1990. The molecule has 9 nitrogen and oxygen atoms in total. The standard InChI is InChI=1S/C35H34F6N4O5S/c36-34(37,38)25-6-2-15-42-27(25)20-43-30(46)22-9-10-28-26(19-22)32(11-13-33(48,14-12-32)35(39,40)41)29(21-7-8-21)45(28)51(49,50)24-5-1-4-23(18-24)31(47)44-16-3-17-44/h1-2,4-6,9-10,15,18-19,21,29,48H,3,7-8,11-14,16-17,20H2,(H,43,46). The number of nitrogens with one attached hydrogen (secondary N) is 1. The zero-order valence-electron chi connectivity index (χ0n) is 27.1. The molecular formula is C35H34F6N4O5S. The number of alkyl halides is 6. The van der Waals surface area contributed by atoms with E-state index in [-0.39, 0.29) is 46.4 Å². The molecule has 2 amide bonds. The first-order valence-corrected chi connectivity index (χ1v) is 18.1. The summed E-state index contributed by atoms with van der Waals surface area (Å²) in [6.07, 6.45) is -8.36. The lowest BCUT2D eigenvalue weighted by Crippen LogP contribution is -2.56. The topological polar surface area (TPSA) is 120 Å². The average Bonchev–Trinajstić information content (AvgIpc) is 3.86. The second-order valence-electron chi connectivity index (χ2n) is 13.9. The third-order valence-electron chi connectivity index (χ3n) is 10.8. The summed E-state index contributed by atoms with van der Waals surface area (Å²) >= 11 is 0. The third kappa shape index (κ3) is 6.03. The Labute approximate surface area is 289 Å².